The van der Waals surface area contributed by atoms with Crippen LogP contribution in [0.4, 0.5) is 0 Å². The molecule has 0 N–H and O–H groups in total. The molecule has 0 fully saturated rings. The van der Waals surface area contributed by atoms with Crippen LogP contribution in [0.5, 0.6) is 0 Å². The monoisotopic (exact) mass is 287 g/mol. The van der Waals surface area contributed by atoms with Crippen LogP contribution in [0.25, 0.3) is 10.9 Å². The Bertz CT molecular complexity index is 585. The summed E-state index contributed by atoms with van der Waals surface area (Å²) in [7, 11) is 0. The molecule has 0 bridgehead atoms. The molecule has 0 aliphatic carbocycles. The third-order valence-electron chi connectivity index (χ3n) is 2.64. The number of hydrogen-bond acceptors (Lipinski definition) is 1. The second-order valence-corrected chi connectivity index (χ2v) is 6.15. The molecule has 0 unspecified atom stereocenters. The molecule has 2 aromatic rings. The molecule has 0 atom stereocenters. The minimum atomic E-state index is -0.0512. The summed E-state index contributed by atoms with van der Waals surface area (Å²) in [6.07, 6.45) is 0. The molecule has 2 rings (SSSR count). The molecule has 1 aromatic heterocycles. The molecule has 0 amide bonds. The molecule has 90 valence electrons. The molecule has 17 heavy (non-hydrogen) atoms. The van der Waals surface area contributed by atoms with E-state index in [0.717, 1.165) is 10.9 Å². The minimum Gasteiger partial charge on any atom is -0.234 e. The molecule has 0 spiro atoms. The quantitative estimate of drug-likeness (QED) is 0.584. The summed E-state index contributed by atoms with van der Waals surface area (Å²) in [4.78, 5) is 4.35. The van der Waals surface area contributed by atoms with Crippen LogP contribution < -0.4 is 0 Å². The van der Waals surface area contributed by atoms with Gasteiger partial charge in [0.15, 0.2) is 0 Å². The normalized spacial score (nSPS) is 12.1. The second kappa shape index (κ2) is 4.31. The first-order chi connectivity index (χ1) is 7.80. The number of rotatable bonds is 0. The predicted octanol–water partition coefficient (Wildman–Crippen LogP) is 5.49. The zero-order valence-corrected chi connectivity index (χ0v) is 12.1. The first-order valence-electron chi connectivity index (χ1n) is 5.25. The lowest BCUT2D eigenvalue weighted by Crippen LogP contribution is -2.12. The van der Waals surface area contributed by atoms with Crippen molar-refractivity contribution in [3.63, 3.8) is 0 Å². The Balaban J connectivity index is 2.80. The van der Waals surface area contributed by atoms with E-state index in [-0.39, 0.29) is 5.41 Å². The summed E-state index contributed by atoms with van der Waals surface area (Å²) < 4.78 is 0. The summed E-state index contributed by atoms with van der Waals surface area (Å²) >= 11 is 18.3. The molecular weight excluding hydrogens is 277 g/mol. The number of pyridine rings is 1. The minimum absolute atomic E-state index is 0.0512. The lowest BCUT2D eigenvalue weighted by molar-refractivity contribution is 0.589. The van der Waals surface area contributed by atoms with Crippen molar-refractivity contribution >= 4 is 45.7 Å². The van der Waals surface area contributed by atoms with Gasteiger partial charge in [0.1, 0.15) is 5.15 Å². The van der Waals surface area contributed by atoms with Gasteiger partial charge in [0.05, 0.1) is 15.6 Å². The Morgan fingerprint density at radius 1 is 1.06 bits per heavy atom. The largest absolute Gasteiger partial charge is 0.234 e. The predicted molar refractivity (Wildman–Crippen MR) is 75.5 cm³/mol. The molecule has 1 aromatic carbocycles. The second-order valence-electron chi connectivity index (χ2n) is 5.01. The van der Waals surface area contributed by atoms with Gasteiger partial charge in [0, 0.05) is 5.39 Å². The number of benzene rings is 1. The van der Waals surface area contributed by atoms with E-state index in [1.54, 1.807) is 6.07 Å². The zero-order valence-electron chi connectivity index (χ0n) is 9.81. The molecule has 0 aliphatic rings. The zero-order chi connectivity index (χ0) is 12.8. The van der Waals surface area contributed by atoms with Crippen LogP contribution in [-0.4, -0.2) is 4.98 Å². The van der Waals surface area contributed by atoms with Gasteiger partial charge < -0.3 is 0 Å². The van der Waals surface area contributed by atoms with E-state index < -0.39 is 0 Å². The first-order valence-corrected chi connectivity index (χ1v) is 6.39. The molecule has 1 heterocycles. The van der Waals surface area contributed by atoms with Gasteiger partial charge in [-0.25, -0.2) is 4.98 Å². The van der Waals surface area contributed by atoms with E-state index in [4.69, 9.17) is 34.8 Å². The fourth-order valence-electron chi connectivity index (χ4n) is 1.68. The van der Waals surface area contributed by atoms with Gasteiger partial charge in [-0.3, -0.25) is 0 Å². The summed E-state index contributed by atoms with van der Waals surface area (Å²) in [5.41, 5.74) is 1.60. The number of nitrogens with zero attached hydrogens (tertiary/aromatic N) is 1. The Hall–Kier alpha value is -0.500. The van der Waals surface area contributed by atoms with Gasteiger partial charge in [0.2, 0.25) is 0 Å². The standard InChI is InChI=1S/C13H12Cl3N/c1-13(2,3)8-6-7-4-5-9(14)10(15)11(7)17-12(8)16/h4-6H,1-3H3. The lowest BCUT2D eigenvalue weighted by atomic mass is 9.87. The van der Waals surface area contributed by atoms with Crippen molar-refractivity contribution in [2.24, 2.45) is 0 Å². The smallest absolute Gasteiger partial charge is 0.133 e. The van der Waals surface area contributed by atoms with E-state index in [9.17, 15) is 0 Å². The average Bonchev–Trinajstić information content (AvgIpc) is 2.22. The van der Waals surface area contributed by atoms with Crippen LogP contribution in [0, 0.1) is 0 Å². The molecule has 0 aliphatic heterocycles. The third-order valence-corrected chi connectivity index (χ3v) is 3.72. The van der Waals surface area contributed by atoms with E-state index in [2.05, 4.69) is 25.8 Å². The molecular formula is C13H12Cl3N. The van der Waals surface area contributed by atoms with Crippen LogP contribution in [0.2, 0.25) is 15.2 Å². The SMILES string of the molecule is CC(C)(C)c1cc2ccc(Cl)c(Cl)c2nc1Cl. The van der Waals surface area contributed by atoms with E-state index in [0.29, 0.717) is 20.7 Å². The van der Waals surface area contributed by atoms with Crippen molar-refractivity contribution in [1.29, 1.82) is 0 Å². The highest BCUT2D eigenvalue weighted by Gasteiger charge is 2.20. The molecule has 4 heteroatoms. The Morgan fingerprint density at radius 3 is 2.29 bits per heavy atom. The number of fused-ring (bicyclic) bond motifs is 1. The Kier molecular flexibility index (Phi) is 3.28. The van der Waals surface area contributed by atoms with Crippen molar-refractivity contribution in [1.82, 2.24) is 4.98 Å². The summed E-state index contributed by atoms with van der Waals surface area (Å²) in [6, 6.07) is 5.70. The Labute approximate surface area is 116 Å². The topological polar surface area (TPSA) is 12.9 Å². The van der Waals surface area contributed by atoms with E-state index in [1.807, 2.05) is 12.1 Å². The van der Waals surface area contributed by atoms with Gasteiger partial charge in [0.25, 0.3) is 0 Å². The highest BCUT2D eigenvalue weighted by atomic mass is 35.5. The van der Waals surface area contributed by atoms with Crippen LogP contribution in [-0.2, 0) is 5.41 Å². The average molecular weight is 289 g/mol. The summed E-state index contributed by atoms with van der Waals surface area (Å²) in [5, 5.41) is 2.38. The van der Waals surface area contributed by atoms with Crippen LogP contribution >= 0.6 is 34.8 Å². The molecule has 0 radical (unpaired) electrons. The fraction of sp³-hybridized carbons (Fsp3) is 0.308. The maximum Gasteiger partial charge on any atom is 0.133 e. The maximum atomic E-state index is 6.20. The number of hydrogen-bond donors (Lipinski definition) is 0. The van der Waals surface area contributed by atoms with Crippen molar-refractivity contribution in [2.45, 2.75) is 26.2 Å². The van der Waals surface area contributed by atoms with E-state index >= 15 is 0 Å². The van der Waals surface area contributed by atoms with Crippen molar-refractivity contribution < 1.29 is 0 Å². The molecule has 1 nitrogen and oxygen atoms in total. The first kappa shape index (κ1) is 12.9. The molecule has 0 saturated carbocycles. The van der Waals surface area contributed by atoms with Gasteiger partial charge >= 0.3 is 0 Å². The lowest BCUT2D eigenvalue weighted by Gasteiger charge is -2.20. The van der Waals surface area contributed by atoms with E-state index in [1.165, 1.54) is 0 Å². The van der Waals surface area contributed by atoms with Crippen LogP contribution in [0.1, 0.15) is 26.3 Å². The molecule has 0 saturated heterocycles. The van der Waals surface area contributed by atoms with Gasteiger partial charge in [-0.15, -0.1) is 0 Å². The Morgan fingerprint density at radius 2 is 1.71 bits per heavy atom. The highest BCUT2D eigenvalue weighted by Crippen LogP contribution is 2.35. The van der Waals surface area contributed by atoms with Gasteiger partial charge in [-0.2, -0.15) is 0 Å². The summed E-state index contributed by atoms with van der Waals surface area (Å²) in [5.74, 6) is 0. The van der Waals surface area contributed by atoms with Crippen LogP contribution in [0.3, 0.4) is 0 Å². The third kappa shape index (κ3) is 2.37. The van der Waals surface area contributed by atoms with Crippen molar-refractivity contribution in [2.75, 3.05) is 0 Å². The highest BCUT2D eigenvalue weighted by molar-refractivity contribution is 6.45. The maximum absolute atomic E-state index is 6.20. The number of aromatic nitrogens is 1. The van der Waals surface area contributed by atoms with Crippen molar-refractivity contribution in [3.8, 4) is 0 Å². The van der Waals surface area contributed by atoms with Crippen LogP contribution in [0.15, 0.2) is 18.2 Å². The van der Waals surface area contributed by atoms with Gasteiger partial charge in [-0.1, -0.05) is 61.6 Å². The van der Waals surface area contributed by atoms with Crippen molar-refractivity contribution in [3.05, 3.63) is 39.0 Å². The number of halogens is 3. The summed E-state index contributed by atoms with van der Waals surface area (Å²) in [6.45, 7) is 6.29. The van der Waals surface area contributed by atoms with Gasteiger partial charge in [-0.05, 0) is 23.1 Å². The fourth-order valence-corrected chi connectivity index (χ4v) is 2.47.